The number of carbonyl (C=O) groups is 1. The van der Waals surface area contributed by atoms with Gasteiger partial charge in [-0.05, 0) is 19.0 Å². The van der Waals surface area contributed by atoms with Gasteiger partial charge in [-0.2, -0.15) is 0 Å². The molecule has 1 unspecified atom stereocenters. The van der Waals surface area contributed by atoms with E-state index in [2.05, 4.69) is 4.72 Å². The van der Waals surface area contributed by atoms with Crippen LogP contribution < -0.4 is 4.72 Å². The third kappa shape index (κ3) is 4.19. The topological polar surface area (TPSA) is 86.7 Å². The molecule has 6 nitrogen and oxygen atoms in total. The Hall–Kier alpha value is -1.10. The lowest BCUT2D eigenvalue weighted by Crippen LogP contribution is -2.37. The van der Waals surface area contributed by atoms with Crippen LogP contribution >= 0.6 is 11.3 Å². The van der Waals surface area contributed by atoms with Crippen molar-refractivity contribution < 1.29 is 27.1 Å². The maximum absolute atomic E-state index is 12.3. The molecule has 2 heterocycles. The van der Waals surface area contributed by atoms with Crippen LogP contribution in [0.5, 0.6) is 0 Å². The van der Waals surface area contributed by atoms with Gasteiger partial charge in [0.2, 0.25) is 10.0 Å². The van der Waals surface area contributed by atoms with Gasteiger partial charge in [0.1, 0.15) is 4.88 Å². The minimum atomic E-state index is -3.83. The smallest absolute Gasteiger partial charge is 0.345 e. The monoisotopic (exact) mass is 340 g/mol. The van der Waals surface area contributed by atoms with E-state index in [0.29, 0.717) is 13.0 Å². The fourth-order valence-electron chi connectivity index (χ4n) is 2.15. The summed E-state index contributed by atoms with van der Waals surface area (Å²) in [6.07, 6.45) is -2.00. The highest BCUT2D eigenvalue weighted by Gasteiger charge is 2.29. The molecule has 0 amide bonds. The van der Waals surface area contributed by atoms with E-state index in [1.807, 2.05) is 0 Å². The number of hydrogen-bond acceptors (Lipinski definition) is 5. The zero-order chi connectivity index (χ0) is 15.6. The Kier molecular flexibility index (Phi) is 4.91. The number of halogens is 2. The molecule has 1 aromatic heterocycles. The zero-order valence-corrected chi connectivity index (χ0v) is 12.5. The van der Waals surface area contributed by atoms with E-state index in [0.717, 1.165) is 17.4 Å². The van der Waals surface area contributed by atoms with Gasteiger partial charge < -0.3 is 5.11 Å². The van der Waals surface area contributed by atoms with Crippen molar-refractivity contribution in [1.82, 2.24) is 9.62 Å². The molecule has 1 fully saturated rings. The van der Waals surface area contributed by atoms with Gasteiger partial charge in [0.15, 0.2) is 0 Å². The van der Waals surface area contributed by atoms with Crippen molar-refractivity contribution in [1.29, 1.82) is 0 Å². The predicted octanol–water partition coefficient (Wildman–Crippen LogP) is 1.06. The molecule has 2 N–H and O–H groups in total. The number of carboxylic acids is 1. The second-order valence-corrected chi connectivity index (χ2v) is 7.33. The molecule has 1 aromatic rings. The molecule has 1 atom stereocenters. The number of hydrogen-bond donors (Lipinski definition) is 2. The zero-order valence-electron chi connectivity index (χ0n) is 10.8. The number of nitrogens with zero attached hydrogens (tertiary/aromatic N) is 1. The molecule has 0 radical (unpaired) electrons. The molecule has 0 aliphatic carbocycles. The molecule has 0 aromatic carbocycles. The van der Waals surface area contributed by atoms with Gasteiger partial charge in [0, 0.05) is 18.0 Å². The van der Waals surface area contributed by atoms with Gasteiger partial charge in [-0.1, -0.05) is 0 Å². The molecule has 2 rings (SSSR count). The van der Waals surface area contributed by atoms with Crippen molar-refractivity contribution in [3.8, 4) is 0 Å². The summed E-state index contributed by atoms with van der Waals surface area (Å²) in [5.41, 5.74) is 0. The number of sulfonamides is 1. The number of likely N-dealkylation sites (tertiary alicyclic amines) is 1. The van der Waals surface area contributed by atoms with Crippen LogP contribution in [0.1, 0.15) is 16.1 Å². The molecule has 0 bridgehead atoms. The molecule has 1 aliphatic heterocycles. The Labute approximate surface area is 124 Å². The molecular formula is C11H14F2N2O4S2. The number of nitrogens with one attached hydrogen (secondary N) is 1. The lowest BCUT2D eigenvalue weighted by Gasteiger charge is -2.15. The lowest BCUT2D eigenvalue weighted by molar-refractivity contribution is 0.0702. The summed E-state index contributed by atoms with van der Waals surface area (Å²) in [5, 5.41) is 10.0. The third-order valence-corrected chi connectivity index (χ3v) is 5.65. The van der Waals surface area contributed by atoms with Crippen molar-refractivity contribution in [2.45, 2.75) is 23.8 Å². The number of aromatic carboxylic acids is 1. The SMILES string of the molecule is O=C(O)c1cc(S(=O)(=O)NC2CCN(CC(F)F)C2)cs1. The predicted molar refractivity (Wildman–Crippen MR) is 72.4 cm³/mol. The summed E-state index contributed by atoms with van der Waals surface area (Å²) in [4.78, 5) is 12.1. The van der Waals surface area contributed by atoms with Crippen molar-refractivity contribution in [3.63, 3.8) is 0 Å². The summed E-state index contributed by atoms with van der Waals surface area (Å²) >= 11 is 0.823. The number of carboxylic acid groups (broad SMARTS) is 1. The molecule has 0 spiro atoms. The molecule has 1 aliphatic rings. The van der Waals surface area contributed by atoms with Crippen LogP contribution in [-0.2, 0) is 10.0 Å². The third-order valence-electron chi connectivity index (χ3n) is 3.09. The van der Waals surface area contributed by atoms with Crippen LogP contribution in [0.3, 0.4) is 0 Å². The highest BCUT2D eigenvalue weighted by Crippen LogP contribution is 2.21. The average Bonchev–Trinajstić information content (AvgIpc) is 2.97. The summed E-state index contributed by atoms with van der Waals surface area (Å²) in [5.74, 6) is -1.19. The van der Waals surface area contributed by atoms with E-state index < -0.39 is 28.5 Å². The Morgan fingerprint density at radius 1 is 1.57 bits per heavy atom. The molecule has 118 valence electrons. The maximum atomic E-state index is 12.3. The molecular weight excluding hydrogens is 326 g/mol. The molecule has 21 heavy (non-hydrogen) atoms. The fraction of sp³-hybridized carbons (Fsp3) is 0.545. The highest BCUT2D eigenvalue weighted by molar-refractivity contribution is 7.89. The molecule has 1 saturated heterocycles. The van der Waals surface area contributed by atoms with Gasteiger partial charge in [0.05, 0.1) is 11.4 Å². The Balaban J connectivity index is 2.00. The molecule has 10 heteroatoms. The van der Waals surface area contributed by atoms with Gasteiger partial charge in [-0.3, -0.25) is 4.90 Å². The van der Waals surface area contributed by atoms with E-state index >= 15 is 0 Å². The van der Waals surface area contributed by atoms with Crippen molar-refractivity contribution in [2.75, 3.05) is 19.6 Å². The first-order valence-electron chi connectivity index (χ1n) is 6.12. The number of rotatable bonds is 6. The Morgan fingerprint density at radius 2 is 2.29 bits per heavy atom. The maximum Gasteiger partial charge on any atom is 0.345 e. The normalized spacial score (nSPS) is 20.2. The van der Waals surface area contributed by atoms with Crippen LogP contribution in [0.25, 0.3) is 0 Å². The van der Waals surface area contributed by atoms with E-state index in [4.69, 9.17) is 5.11 Å². The summed E-state index contributed by atoms with van der Waals surface area (Å²) in [7, 11) is -3.83. The highest BCUT2D eigenvalue weighted by atomic mass is 32.2. The lowest BCUT2D eigenvalue weighted by atomic mass is 10.3. The van der Waals surface area contributed by atoms with Crippen LogP contribution in [-0.4, -0.2) is 56.5 Å². The van der Waals surface area contributed by atoms with E-state index in [1.54, 1.807) is 0 Å². The van der Waals surface area contributed by atoms with E-state index in [1.165, 1.54) is 10.3 Å². The minimum Gasteiger partial charge on any atom is -0.477 e. The average molecular weight is 340 g/mol. The van der Waals surface area contributed by atoms with Gasteiger partial charge in [-0.25, -0.2) is 26.7 Å². The first kappa shape index (κ1) is 16.3. The van der Waals surface area contributed by atoms with Crippen LogP contribution in [0.15, 0.2) is 16.3 Å². The van der Waals surface area contributed by atoms with E-state index in [9.17, 15) is 22.0 Å². The Bertz CT molecular complexity index is 617. The van der Waals surface area contributed by atoms with Crippen LogP contribution in [0.4, 0.5) is 8.78 Å². The second kappa shape index (κ2) is 6.34. The largest absolute Gasteiger partial charge is 0.477 e. The van der Waals surface area contributed by atoms with Crippen molar-refractivity contribution in [3.05, 3.63) is 16.3 Å². The standard InChI is InChI=1S/C11H14F2N2O4S2/c12-10(13)5-15-2-1-7(4-15)14-21(18,19)8-3-9(11(16)17)20-6-8/h3,6-7,10,14H,1-2,4-5H2,(H,16,17). The van der Waals surface area contributed by atoms with Gasteiger partial charge in [-0.15, -0.1) is 11.3 Å². The van der Waals surface area contributed by atoms with Gasteiger partial charge >= 0.3 is 5.97 Å². The molecule has 0 saturated carbocycles. The summed E-state index contributed by atoms with van der Waals surface area (Å²) < 4.78 is 51.1. The fourth-order valence-corrected chi connectivity index (χ4v) is 4.52. The van der Waals surface area contributed by atoms with Crippen LogP contribution in [0, 0.1) is 0 Å². The number of thiophene rings is 1. The van der Waals surface area contributed by atoms with Crippen LogP contribution in [0.2, 0.25) is 0 Å². The second-order valence-electron chi connectivity index (χ2n) is 4.71. The Morgan fingerprint density at radius 3 is 2.86 bits per heavy atom. The first-order valence-corrected chi connectivity index (χ1v) is 8.49. The quantitative estimate of drug-likeness (QED) is 0.809. The first-order chi connectivity index (χ1) is 9.78. The van der Waals surface area contributed by atoms with Crippen molar-refractivity contribution >= 4 is 27.3 Å². The minimum absolute atomic E-state index is 0.0684. The summed E-state index contributed by atoms with van der Waals surface area (Å²) in [6.45, 7) is 0.251. The summed E-state index contributed by atoms with van der Waals surface area (Å²) in [6, 6.07) is 0.642. The van der Waals surface area contributed by atoms with Crippen molar-refractivity contribution in [2.24, 2.45) is 0 Å². The van der Waals surface area contributed by atoms with E-state index in [-0.39, 0.29) is 22.9 Å². The van der Waals surface area contributed by atoms with Gasteiger partial charge in [0.25, 0.3) is 6.43 Å². The number of alkyl halides is 2.